The van der Waals surface area contributed by atoms with Crippen molar-refractivity contribution in [2.24, 2.45) is 5.14 Å². The molecule has 3 aromatic carbocycles. The van der Waals surface area contributed by atoms with Crippen LogP contribution in [0.2, 0.25) is 0 Å². The summed E-state index contributed by atoms with van der Waals surface area (Å²) in [6.45, 7) is 1.93. The van der Waals surface area contributed by atoms with Gasteiger partial charge in [-0.3, -0.25) is 14.9 Å². The largest absolute Gasteiger partial charge is 0.332 e. The standard InChI is InChI=1S/C22H20N4O4S2/c1-14-5-7-15(8-6-14)20(27)24-18-4-2-3-16(13-18)21(28)26-22(31)25-17-9-11-19(12-10-17)32(23,29)30/h2-13H,1H3,(H,24,27)(H2,23,29,30)(H2,25,26,28,31). The number of hydrogen-bond acceptors (Lipinski definition) is 5. The first-order chi connectivity index (χ1) is 15.1. The highest BCUT2D eigenvalue weighted by molar-refractivity contribution is 7.89. The average molecular weight is 469 g/mol. The van der Waals surface area contributed by atoms with E-state index in [0.29, 0.717) is 22.5 Å². The molecular weight excluding hydrogens is 448 g/mol. The number of sulfonamides is 1. The molecule has 0 aromatic heterocycles. The number of benzene rings is 3. The van der Waals surface area contributed by atoms with Gasteiger partial charge in [0, 0.05) is 22.5 Å². The monoisotopic (exact) mass is 468 g/mol. The van der Waals surface area contributed by atoms with Gasteiger partial charge in [-0.25, -0.2) is 13.6 Å². The van der Waals surface area contributed by atoms with Crippen LogP contribution in [-0.2, 0) is 10.0 Å². The Hall–Kier alpha value is -3.60. The highest BCUT2D eigenvalue weighted by Crippen LogP contribution is 2.14. The lowest BCUT2D eigenvalue weighted by Gasteiger charge is -2.11. The lowest BCUT2D eigenvalue weighted by Crippen LogP contribution is -2.34. The second-order valence-electron chi connectivity index (χ2n) is 6.88. The summed E-state index contributed by atoms with van der Waals surface area (Å²) in [5, 5.41) is 13.2. The number of hydrogen-bond donors (Lipinski definition) is 4. The number of thiocarbonyl (C=S) groups is 1. The Labute approximate surface area is 190 Å². The van der Waals surface area contributed by atoms with E-state index in [4.69, 9.17) is 17.4 Å². The van der Waals surface area contributed by atoms with Gasteiger partial charge in [0.2, 0.25) is 10.0 Å². The van der Waals surface area contributed by atoms with Gasteiger partial charge in [-0.05, 0) is 73.7 Å². The maximum absolute atomic E-state index is 12.5. The Morgan fingerprint density at radius 1 is 0.812 bits per heavy atom. The number of rotatable bonds is 5. The summed E-state index contributed by atoms with van der Waals surface area (Å²) >= 11 is 5.14. The van der Waals surface area contributed by atoms with Crippen LogP contribution >= 0.6 is 12.2 Å². The van der Waals surface area contributed by atoms with Crippen molar-refractivity contribution < 1.29 is 18.0 Å². The zero-order chi connectivity index (χ0) is 23.3. The molecule has 0 bridgehead atoms. The molecule has 0 aliphatic heterocycles. The molecule has 2 amide bonds. The molecule has 0 unspecified atom stereocenters. The fraction of sp³-hybridized carbons (Fsp3) is 0.0455. The minimum Gasteiger partial charge on any atom is -0.332 e. The van der Waals surface area contributed by atoms with Crippen molar-refractivity contribution in [2.75, 3.05) is 10.6 Å². The van der Waals surface area contributed by atoms with E-state index in [1.807, 2.05) is 19.1 Å². The Kier molecular flexibility index (Phi) is 6.98. The van der Waals surface area contributed by atoms with Crippen molar-refractivity contribution in [1.82, 2.24) is 5.32 Å². The van der Waals surface area contributed by atoms with Gasteiger partial charge < -0.3 is 10.6 Å². The summed E-state index contributed by atoms with van der Waals surface area (Å²) in [5.41, 5.74) is 2.78. The van der Waals surface area contributed by atoms with Crippen LogP contribution in [-0.4, -0.2) is 25.3 Å². The Bertz CT molecular complexity index is 1270. The van der Waals surface area contributed by atoms with E-state index in [1.165, 1.54) is 30.3 Å². The SMILES string of the molecule is Cc1ccc(C(=O)Nc2cccc(C(=O)NC(=S)Nc3ccc(S(N)(=O)=O)cc3)c2)cc1. The van der Waals surface area contributed by atoms with Crippen LogP contribution in [0.5, 0.6) is 0 Å². The molecule has 3 aromatic rings. The number of nitrogens with two attached hydrogens (primary N) is 1. The second kappa shape index (κ2) is 9.69. The molecule has 32 heavy (non-hydrogen) atoms. The molecule has 3 rings (SSSR count). The third-order valence-electron chi connectivity index (χ3n) is 4.36. The fourth-order valence-electron chi connectivity index (χ4n) is 2.71. The van der Waals surface area contributed by atoms with Crippen LogP contribution in [0, 0.1) is 6.92 Å². The summed E-state index contributed by atoms with van der Waals surface area (Å²) in [7, 11) is -3.80. The molecular formula is C22H20N4O4S2. The van der Waals surface area contributed by atoms with E-state index in [2.05, 4.69) is 16.0 Å². The van der Waals surface area contributed by atoms with Crippen LogP contribution in [0.15, 0.2) is 77.7 Å². The molecule has 0 radical (unpaired) electrons. The van der Waals surface area contributed by atoms with Crippen molar-refractivity contribution in [1.29, 1.82) is 0 Å². The molecule has 0 atom stereocenters. The first kappa shape index (κ1) is 23.1. The van der Waals surface area contributed by atoms with E-state index < -0.39 is 15.9 Å². The van der Waals surface area contributed by atoms with E-state index >= 15 is 0 Å². The van der Waals surface area contributed by atoms with Gasteiger partial charge in [0.1, 0.15) is 0 Å². The minimum absolute atomic E-state index is 0.0208. The predicted octanol–water partition coefficient (Wildman–Crippen LogP) is 3.02. The van der Waals surface area contributed by atoms with Gasteiger partial charge in [-0.15, -0.1) is 0 Å². The quantitative estimate of drug-likeness (QED) is 0.426. The summed E-state index contributed by atoms with van der Waals surface area (Å²) in [4.78, 5) is 24.9. The molecule has 10 heteroatoms. The van der Waals surface area contributed by atoms with E-state index in [-0.39, 0.29) is 15.9 Å². The van der Waals surface area contributed by atoms with Crippen LogP contribution in [0.3, 0.4) is 0 Å². The van der Waals surface area contributed by atoms with Gasteiger partial charge >= 0.3 is 0 Å². The molecule has 0 saturated carbocycles. The maximum atomic E-state index is 12.5. The molecule has 0 spiro atoms. The third kappa shape index (κ3) is 6.20. The number of anilines is 2. The number of nitrogens with one attached hydrogen (secondary N) is 3. The van der Waals surface area contributed by atoms with Crippen LogP contribution in [0.25, 0.3) is 0 Å². The lowest BCUT2D eigenvalue weighted by molar-refractivity contribution is 0.0975. The van der Waals surface area contributed by atoms with E-state index in [0.717, 1.165) is 5.56 Å². The maximum Gasteiger partial charge on any atom is 0.257 e. The molecule has 0 fully saturated rings. The fourth-order valence-corrected chi connectivity index (χ4v) is 3.44. The first-order valence-corrected chi connectivity index (χ1v) is 11.3. The summed E-state index contributed by atoms with van der Waals surface area (Å²) < 4.78 is 22.6. The molecule has 0 saturated heterocycles. The molecule has 164 valence electrons. The Morgan fingerprint density at radius 2 is 1.47 bits per heavy atom. The summed E-state index contributed by atoms with van der Waals surface area (Å²) in [5.74, 6) is -0.766. The molecule has 0 heterocycles. The minimum atomic E-state index is -3.80. The molecule has 0 aliphatic carbocycles. The number of aryl methyl sites for hydroxylation is 1. The van der Waals surface area contributed by atoms with Gasteiger partial charge in [0.05, 0.1) is 4.90 Å². The number of carbonyl (C=O) groups excluding carboxylic acids is 2. The lowest BCUT2D eigenvalue weighted by atomic mass is 10.1. The van der Waals surface area contributed by atoms with Crippen molar-refractivity contribution in [3.63, 3.8) is 0 Å². The number of amides is 2. The number of carbonyl (C=O) groups is 2. The molecule has 8 nitrogen and oxygen atoms in total. The smallest absolute Gasteiger partial charge is 0.257 e. The zero-order valence-electron chi connectivity index (χ0n) is 17.0. The highest BCUT2D eigenvalue weighted by atomic mass is 32.2. The predicted molar refractivity (Wildman–Crippen MR) is 127 cm³/mol. The van der Waals surface area contributed by atoms with Crippen molar-refractivity contribution in [3.05, 3.63) is 89.5 Å². The topological polar surface area (TPSA) is 130 Å². The third-order valence-corrected chi connectivity index (χ3v) is 5.50. The van der Waals surface area contributed by atoms with Gasteiger partial charge in [-0.1, -0.05) is 23.8 Å². The van der Waals surface area contributed by atoms with Crippen molar-refractivity contribution >= 4 is 50.5 Å². The second-order valence-corrected chi connectivity index (χ2v) is 8.85. The zero-order valence-corrected chi connectivity index (χ0v) is 18.6. The van der Waals surface area contributed by atoms with E-state index in [9.17, 15) is 18.0 Å². The van der Waals surface area contributed by atoms with Crippen LogP contribution < -0.4 is 21.1 Å². The van der Waals surface area contributed by atoms with Gasteiger partial charge in [0.25, 0.3) is 11.8 Å². The molecule has 5 N–H and O–H groups in total. The Balaban J connectivity index is 1.62. The van der Waals surface area contributed by atoms with Crippen LogP contribution in [0.4, 0.5) is 11.4 Å². The Morgan fingerprint density at radius 3 is 2.09 bits per heavy atom. The highest BCUT2D eigenvalue weighted by Gasteiger charge is 2.12. The molecule has 0 aliphatic rings. The summed E-state index contributed by atoms with van der Waals surface area (Å²) in [6.07, 6.45) is 0. The normalized spacial score (nSPS) is 10.8. The average Bonchev–Trinajstić information content (AvgIpc) is 2.74. The summed E-state index contributed by atoms with van der Waals surface area (Å²) in [6, 6.07) is 19.1. The van der Waals surface area contributed by atoms with Gasteiger partial charge in [-0.2, -0.15) is 0 Å². The van der Waals surface area contributed by atoms with E-state index in [1.54, 1.807) is 30.3 Å². The first-order valence-electron chi connectivity index (χ1n) is 9.35. The van der Waals surface area contributed by atoms with Crippen molar-refractivity contribution in [2.45, 2.75) is 11.8 Å². The number of primary sulfonamides is 1. The van der Waals surface area contributed by atoms with Gasteiger partial charge in [0.15, 0.2) is 5.11 Å². The van der Waals surface area contributed by atoms with Crippen molar-refractivity contribution in [3.8, 4) is 0 Å². The van der Waals surface area contributed by atoms with Crippen LogP contribution in [0.1, 0.15) is 26.3 Å².